The van der Waals surface area contributed by atoms with Gasteiger partial charge in [0.15, 0.2) is 0 Å². The molecule has 3 nitrogen and oxygen atoms in total. The Bertz CT molecular complexity index is 512. The topological polar surface area (TPSA) is 27.7 Å². The lowest BCUT2D eigenvalue weighted by molar-refractivity contribution is -0.411. The summed E-state index contributed by atoms with van der Waals surface area (Å²) in [6.45, 7) is 1.93. The molecular formula is C13H18F12O3Si. The molecule has 0 aromatic heterocycles. The van der Waals surface area contributed by atoms with Gasteiger partial charge in [-0.25, -0.2) is 8.78 Å². The fraction of sp³-hybridized carbons (Fsp3) is 1.00. The zero-order valence-electron chi connectivity index (χ0n) is 15.2. The van der Waals surface area contributed by atoms with Gasteiger partial charge in [0.25, 0.3) is 0 Å². The predicted molar refractivity (Wildman–Crippen MR) is 76.2 cm³/mol. The van der Waals surface area contributed by atoms with Gasteiger partial charge in [0.1, 0.15) is 0 Å². The van der Waals surface area contributed by atoms with Gasteiger partial charge in [-0.3, -0.25) is 0 Å². The highest BCUT2D eigenvalue weighted by molar-refractivity contribution is 6.61. The summed E-state index contributed by atoms with van der Waals surface area (Å²) in [6.07, 6.45) is -5.54. The SMILES string of the molecule is CCO[Si](CC(F)(F)C(F)(F)C(F)(F)C(F)(F)C(F)(F)C(F)F)(OCC)OCC. The molecule has 0 aliphatic rings. The molecule has 0 aromatic rings. The van der Waals surface area contributed by atoms with Crippen molar-refractivity contribution in [3.8, 4) is 0 Å². The van der Waals surface area contributed by atoms with Crippen LogP contribution in [0.2, 0.25) is 6.04 Å². The second-order valence-corrected chi connectivity index (χ2v) is 8.10. The Morgan fingerprint density at radius 2 is 0.966 bits per heavy atom. The number of hydrogen-bond donors (Lipinski definition) is 0. The van der Waals surface area contributed by atoms with Crippen molar-refractivity contribution in [3.05, 3.63) is 0 Å². The monoisotopic (exact) mass is 478 g/mol. The van der Waals surface area contributed by atoms with E-state index in [0.29, 0.717) is 0 Å². The lowest BCUT2D eigenvalue weighted by Crippen LogP contribution is -2.69. The normalized spacial score (nSPS) is 15.3. The van der Waals surface area contributed by atoms with Crippen molar-refractivity contribution in [2.75, 3.05) is 19.8 Å². The Labute approximate surface area is 158 Å². The highest BCUT2D eigenvalue weighted by Gasteiger charge is 2.88. The van der Waals surface area contributed by atoms with E-state index in [9.17, 15) is 52.7 Å². The molecule has 0 spiro atoms. The minimum absolute atomic E-state index is 0.510. The van der Waals surface area contributed by atoms with Gasteiger partial charge in [-0.05, 0) is 20.8 Å². The van der Waals surface area contributed by atoms with Crippen LogP contribution >= 0.6 is 0 Å². The summed E-state index contributed by atoms with van der Waals surface area (Å²) in [5.74, 6) is -35.6. The molecule has 0 radical (unpaired) electrons. The van der Waals surface area contributed by atoms with E-state index >= 15 is 0 Å². The molecule has 0 unspecified atom stereocenters. The summed E-state index contributed by atoms with van der Waals surface area (Å²) in [6, 6.07) is -2.51. The van der Waals surface area contributed by atoms with Gasteiger partial charge in [0.2, 0.25) is 0 Å². The van der Waals surface area contributed by atoms with Crippen molar-refractivity contribution >= 4 is 8.80 Å². The van der Waals surface area contributed by atoms with Gasteiger partial charge >= 0.3 is 44.8 Å². The standard InChI is InChI=1S/C13H18F12O3Si/c1-4-26-29(27-5-2,28-6-3)7-9(16,17)11(20,21)13(24,25)12(22,23)10(18,19)8(14)15/h8H,4-7H2,1-3H3. The molecule has 0 aliphatic carbocycles. The Morgan fingerprint density at radius 3 is 1.24 bits per heavy atom. The molecule has 0 saturated heterocycles. The summed E-state index contributed by atoms with van der Waals surface area (Å²) in [5.41, 5.74) is 0. The van der Waals surface area contributed by atoms with Crippen LogP contribution in [0, 0.1) is 0 Å². The smallest absolute Gasteiger partial charge is 0.374 e. The third kappa shape index (κ3) is 4.95. The van der Waals surface area contributed by atoms with Crippen LogP contribution in [0.4, 0.5) is 52.7 Å². The molecule has 0 aliphatic heterocycles. The van der Waals surface area contributed by atoms with Crippen molar-refractivity contribution < 1.29 is 66.0 Å². The number of hydrogen-bond acceptors (Lipinski definition) is 3. The van der Waals surface area contributed by atoms with E-state index in [2.05, 4.69) is 0 Å². The molecule has 0 aromatic carbocycles. The zero-order chi connectivity index (χ0) is 23.5. The minimum Gasteiger partial charge on any atom is -0.374 e. The molecule has 0 rings (SSSR count). The van der Waals surface area contributed by atoms with Crippen molar-refractivity contribution in [2.24, 2.45) is 0 Å². The van der Waals surface area contributed by atoms with E-state index in [1.54, 1.807) is 0 Å². The van der Waals surface area contributed by atoms with E-state index in [-0.39, 0.29) is 0 Å². The van der Waals surface area contributed by atoms with Crippen LogP contribution in [0.25, 0.3) is 0 Å². The van der Waals surface area contributed by atoms with E-state index in [0.717, 1.165) is 20.8 Å². The van der Waals surface area contributed by atoms with Crippen LogP contribution in [-0.2, 0) is 13.3 Å². The number of halogens is 12. The van der Waals surface area contributed by atoms with Gasteiger partial charge in [-0.1, -0.05) is 0 Å². The number of alkyl halides is 12. The van der Waals surface area contributed by atoms with Gasteiger partial charge in [0.05, 0.1) is 6.04 Å². The molecule has 176 valence electrons. The Hall–Kier alpha value is -0.743. The third-order valence-corrected chi connectivity index (χ3v) is 6.53. The fourth-order valence-corrected chi connectivity index (χ4v) is 4.74. The van der Waals surface area contributed by atoms with E-state index in [1.807, 2.05) is 0 Å². The summed E-state index contributed by atoms with van der Waals surface area (Å²) in [4.78, 5) is 0. The number of rotatable bonds is 13. The Kier molecular flexibility index (Phi) is 8.94. The van der Waals surface area contributed by atoms with Gasteiger partial charge in [-0.15, -0.1) is 0 Å². The maximum Gasteiger partial charge on any atom is 0.507 e. The summed E-state index contributed by atoms with van der Waals surface area (Å²) >= 11 is 0. The van der Waals surface area contributed by atoms with E-state index < -0.39 is 70.7 Å². The lowest BCUT2D eigenvalue weighted by atomic mass is 9.95. The molecule has 0 N–H and O–H groups in total. The molecule has 0 heterocycles. The van der Waals surface area contributed by atoms with Crippen LogP contribution in [0.1, 0.15) is 20.8 Å². The molecular weight excluding hydrogens is 460 g/mol. The predicted octanol–water partition coefficient (Wildman–Crippen LogP) is 5.48. The summed E-state index contributed by atoms with van der Waals surface area (Å²) in [5, 5.41) is 0. The third-order valence-electron chi connectivity index (χ3n) is 3.47. The minimum atomic E-state index is -7.59. The van der Waals surface area contributed by atoms with Crippen molar-refractivity contribution in [1.82, 2.24) is 0 Å². The van der Waals surface area contributed by atoms with E-state index in [4.69, 9.17) is 13.3 Å². The highest BCUT2D eigenvalue weighted by atomic mass is 28.4. The Balaban J connectivity index is 6.29. The maximum atomic E-state index is 14.1. The summed E-state index contributed by atoms with van der Waals surface area (Å²) < 4.78 is 173. The van der Waals surface area contributed by atoms with Gasteiger partial charge in [-0.2, -0.15) is 43.9 Å². The lowest BCUT2D eigenvalue weighted by Gasteiger charge is -2.40. The average molecular weight is 478 g/mol. The Morgan fingerprint density at radius 1 is 0.621 bits per heavy atom. The van der Waals surface area contributed by atoms with Crippen LogP contribution in [0.5, 0.6) is 0 Å². The molecule has 29 heavy (non-hydrogen) atoms. The quantitative estimate of drug-likeness (QED) is 0.259. The van der Waals surface area contributed by atoms with Crippen LogP contribution in [0.3, 0.4) is 0 Å². The van der Waals surface area contributed by atoms with E-state index in [1.165, 1.54) is 0 Å². The molecule has 0 atom stereocenters. The second kappa shape index (κ2) is 9.17. The first-order valence-corrected chi connectivity index (χ1v) is 9.85. The maximum absolute atomic E-state index is 14.1. The first-order valence-electron chi connectivity index (χ1n) is 7.92. The largest absolute Gasteiger partial charge is 0.507 e. The second-order valence-electron chi connectivity index (χ2n) is 5.51. The molecule has 0 amide bonds. The molecule has 16 heteroatoms. The van der Waals surface area contributed by atoms with Crippen molar-refractivity contribution in [1.29, 1.82) is 0 Å². The van der Waals surface area contributed by atoms with Crippen LogP contribution in [-0.4, -0.2) is 64.7 Å². The van der Waals surface area contributed by atoms with Crippen LogP contribution < -0.4 is 0 Å². The summed E-state index contributed by atoms with van der Waals surface area (Å²) in [7, 11) is -4.89. The highest BCUT2D eigenvalue weighted by Crippen LogP contribution is 2.59. The first kappa shape index (κ1) is 28.3. The van der Waals surface area contributed by atoms with Gasteiger partial charge in [0, 0.05) is 19.8 Å². The van der Waals surface area contributed by atoms with Crippen molar-refractivity contribution in [3.63, 3.8) is 0 Å². The molecule has 0 fully saturated rings. The van der Waals surface area contributed by atoms with Gasteiger partial charge < -0.3 is 13.3 Å². The van der Waals surface area contributed by atoms with Crippen molar-refractivity contribution in [2.45, 2.75) is 62.9 Å². The fourth-order valence-electron chi connectivity index (χ4n) is 2.09. The molecule has 0 saturated carbocycles. The first-order chi connectivity index (χ1) is 12.8. The average Bonchev–Trinajstić information content (AvgIpc) is 2.54. The molecule has 0 bridgehead atoms. The van der Waals surface area contributed by atoms with Crippen LogP contribution in [0.15, 0.2) is 0 Å². The zero-order valence-corrected chi connectivity index (χ0v) is 16.2.